The molecule has 1 N–H and O–H groups in total. The number of ether oxygens (including phenoxy) is 1. The Morgan fingerprint density at radius 3 is 2.42 bits per heavy atom. The third-order valence-corrected chi connectivity index (χ3v) is 4.58. The number of hydrogen-bond donors (Lipinski definition) is 1. The molecule has 26 heavy (non-hydrogen) atoms. The van der Waals surface area contributed by atoms with Crippen LogP contribution in [0, 0.1) is 0 Å². The predicted molar refractivity (Wildman–Crippen MR) is 104 cm³/mol. The van der Waals surface area contributed by atoms with E-state index in [-0.39, 0.29) is 17.0 Å². The van der Waals surface area contributed by atoms with Crippen molar-refractivity contribution in [2.75, 3.05) is 12.9 Å². The maximum atomic E-state index is 13.1. The minimum absolute atomic E-state index is 0.222. The molecule has 0 bridgehead atoms. The van der Waals surface area contributed by atoms with Gasteiger partial charge in [-0.1, -0.05) is 42.1 Å². The van der Waals surface area contributed by atoms with E-state index in [2.05, 4.69) is 4.98 Å². The molecule has 0 spiro atoms. The quantitative estimate of drug-likeness (QED) is 0.531. The standard InChI is InChI=1S/C20H20N2O3S/c1-3-25-16-11-9-14(10-12-16)13-17-18(23)21-20(26-2)22(19(17)24)15-7-5-4-6-8-15/h4-12,23H,3,13H2,1-2H3. The summed E-state index contributed by atoms with van der Waals surface area (Å²) < 4.78 is 6.97. The second kappa shape index (κ2) is 8.10. The molecule has 1 heterocycles. The summed E-state index contributed by atoms with van der Waals surface area (Å²) in [6, 6.07) is 16.8. The van der Waals surface area contributed by atoms with Crippen LogP contribution in [-0.4, -0.2) is 27.5 Å². The molecular formula is C20H20N2O3S. The smallest absolute Gasteiger partial charge is 0.266 e. The third-order valence-electron chi connectivity index (χ3n) is 3.94. The molecule has 0 fully saturated rings. The first-order valence-corrected chi connectivity index (χ1v) is 9.52. The summed E-state index contributed by atoms with van der Waals surface area (Å²) in [6.07, 6.45) is 2.12. The molecule has 5 nitrogen and oxygen atoms in total. The molecule has 3 rings (SSSR count). The second-order valence-electron chi connectivity index (χ2n) is 5.63. The zero-order valence-electron chi connectivity index (χ0n) is 14.7. The van der Waals surface area contributed by atoms with Crippen LogP contribution < -0.4 is 10.3 Å². The Morgan fingerprint density at radius 2 is 1.81 bits per heavy atom. The van der Waals surface area contributed by atoms with Gasteiger partial charge < -0.3 is 9.84 Å². The fourth-order valence-electron chi connectivity index (χ4n) is 2.70. The molecule has 0 saturated heterocycles. The van der Waals surface area contributed by atoms with Gasteiger partial charge in [0.25, 0.3) is 5.56 Å². The van der Waals surface area contributed by atoms with Crippen molar-refractivity contribution >= 4 is 11.8 Å². The number of hydrogen-bond acceptors (Lipinski definition) is 5. The highest BCUT2D eigenvalue weighted by Crippen LogP contribution is 2.23. The second-order valence-corrected chi connectivity index (χ2v) is 6.40. The van der Waals surface area contributed by atoms with Gasteiger partial charge in [0, 0.05) is 6.42 Å². The van der Waals surface area contributed by atoms with Crippen molar-refractivity contribution in [3.63, 3.8) is 0 Å². The van der Waals surface area contributed by atoms with E-state index < -0.39 is 0 Å². The van der Waals surface area contributed by atoms with Crippen LogP contribution in [0.3, 0.4) is 0 Å². The van der Waals surface area contributed by atoms with Crippen molar-refractivity contribution in [3.05, 3.63) is 76.1 Å². The van der Waals surface area contributed by atoms with Crippen molar-refractivity contribution in [2.45, 2.75) is 18.5 Å². The monoisotopic (exact) mass is 368 g/mol. The van der Waals surface area contributed by atoms with Gasteiger partial charge in [0.15, 0.2) is 5.16 Å². The van der Waals surface area contributed by atoms with Crippen LogP contribution in [0.2, 0.25) is 0 Å². The average Bonchev–Trinajstić information content (AvgIpc) is 2.67. The first-order chi connectivity index (χ1) is 12.6. The Bertz CT molecular complexity index is 938. The van der Waals surface area contributed by atoms with E-state index >= 15 is 0 Å². The summed E-state index contributed by atoms with van der Waals surface area (Å²) in [4.78, 5) is 17.3. The highest BCUT2D eigenvalue weighted by Gasteiger charge is 2.17. The summed E-state index contributed by atoms with van der Waals surface area (Å²) in [5.41, 5.74) is 1.64. The van der Waals surface area contributed by atoms with Crippen molar-refractivity contribution in [2.24, 2.45) is 0 Å². The number of aromatic hydroxyl groups is 1. The zero-order valence-corrected chi connectivity index (χ0v) is 15.5. The maximum Gasteiger partial charge on any atom is 0.266 e. The van der Waals surface area contributed by atoms with Crippen molar-refractivity contribution < 1.29 is 9.84 Å². The van der Waals surface area contributed by atoms with Gasteiger partial charge in [0.1, 0.15) is 5.75 Å². The number of thioether (sulfide) groups is 1. The Hall–Kier alpha value is -2.73. The van der Waals surface area contributed by atoms with Gasteiger partial charge in [-0.3, -0.25) is 9.36 Å². The molecule has 0 amide bonds. The van der Waals surface area contributed by atoms with Crippen LogP contribution in [0.5, 0.6) is 11.6 Å². The topological polar surface area (TPSA) is 64.3 Å². The fraction of sp³-hybridized carbons (Fsp3) is 0.200. The molecule has 3 aromatic rings. The number of nitrogens with zero attached hydrogens (tertiary/aromatic N) is 2. The molecule has 0 aliphatic rings. The highest BCUT2D eigenvalue weighted by molar-refractivity contribution is 7.98. The zero-order chi connectivity index (χ0) is 18.5. The number of para-hydroxylation sites is 1. The number of benzene rings is 2. The SMILES string of the molecule is CCOc1ccc(Cc2c(O)nc(SC)n(-c3ccccc3)c2=O)cc1. The van der Waals surface area contributed by atoms with Gasteiger partial charge in [-0.15, -0.1) is 0 Å². The van der Waals surface area contributed by atoms with Crippen LogP contribution in [0.25, 0.3) is 5.69 Å². The Balaban J connectivity index is 2.03. The number of aromatic nitrogens is 2. The lowest BCUT2D eigenvalue weighted by atomic mass is 10.1. The van der Waals surface area contributed by atoms with Crippen molar-refractivity contribution in [3.8, 4) is 17.3 Å². The van der Waals surface area contributed by atoms with Crippen molar-refractivity contribution in [1.29, 1.82) is 0 Å². The molecule has 0 atom stereocenters. The first-order valence-electron chi connectivity index (χ1n) is 8.30. The molecule has 0 radical (unpaired) electrons. The normalized spacial score (nSPS) is 10.7. The fourth-order valence-corrected chi connectivity index (χ4v) is 3.24. The van der Waals surface area contributed by atoms with Crippen LogP contribution in [0.4, 0.5) is 0 Å². The third kappa shape index (κ3) is 3.75. The van der Waals surface area contributed by atoms with Gasteiger partial charge in [-0.25, -0.2) is 0 Å². The molecular weight excluding hydrogens is 348 g/mol. The predicted octanol–water partition coefficient (Wildman–Crippen LogP) is 3.65. The summed E-state index contributed by atoms with van der Waals surface area (Å²) in [6.45, 7) is 2.53. The first kappa shape index (κ1) is 18.1. The largest absolute Gasteiger partial charge is 0.494 e. The van der Waals surface area contributed by atoms with E-state index in [1.54, 1.807) is 0 Å². The lowest BCUT2D eigenvalue weighted by molar-refractivity contribution is 0.340. The summed E-state index contributed by atoms with van der Waals surface area (Å²) in [5.74, 6) is 0.554. The van der Waals surface area contributed by atoms with Gasteiger partial charge in [-0.05, 0) is 43.0 Å². The van der Waals surface area contributed by atoms with Gasteiger partial charge in [0.05, 0.1) is 17.9 Å². The molecule has 1 aromatic heterocycles. The Kier molecular flexibility index (Phi) is 5.63. The lowest BCUT2D eigenvalue weighted by Gasteiger charge is -2.13. The Labute approximate surface area is 156 Å². The average molecular weight is 368 g/mol. The molecule has 0 aliphatic carbocycles. The summed E-state index contributed by atoms with van der Waals surface area (Å²) in [5, 5.41) is 10.8. The molecule has 6 heteroatoms. The molecule has 0 saturated carbocycles. The summed E-state index contributed by atoms with van der Waals surface area (Å²) >= 11 is 1.32. The summed E-state index contributed by atoms with van der Waals surface area (Å²) in [7, 11) is 0. The van der Waals surface area contributed by atoms with Gasteiger partial charge in [0.2, 0.25) is 5.88 Å². The van der Waals surface area contributed by atoms with Crippen LogP contribution >= 0.6 is 11.8 Å². The van der Waals surface area contributed by atoms with E-state index in [1.807, 2.05) is 67.8 Å². The maximum absolute atomic E-state index is 13.1. The van der Waals surface area contributed by atoms with Crippen molar-refractivity contribution in [1.82, 2.24) is 9.55 Å². The van der Waals surface area contributed by atoms with E-state index in [0.29, 0.717) is 18.2 Å². The van der Waals surface area contributed by atoms with E-state index in [4.69, 9.17) is 4.74 Å². The minimum Gasteiger partial charge on any atom is -0.494 e. The van der Waals surface area contributed by atoms with E-state index in [1.165, 1.54) is 16.3 Å². The Morgan fingerprint density at radius 1 is 1.12 bits per heavy atom. The molecule has 2 aromatic carbocycles. The molecule has 0 aliphatic heterocycles. The van der Waals surface area contributed by atoms with E-state index in [9.17, 15) is 9.90 Å². The molecule has 0 unspecified atom stereocenters. The van der Waals surface area contributed by atoms with Crippen LogP contribution in [0.1, 0.15) is 18.1 Å². The van der Waals surface area contributed by atoms with Gasteiger partial charge >= 0.3 is 0 Å². The van der Waals surface area contributed by atoms with Crippen LogP contribution in [0.15, 0.2) is 64.5 Å². The number of rotatable bonds is 6. The highest BCUT2D eigenvalue weighted by atomic mass is 32.2. The van der Waals surface area contributed by atoms with E-state index in [0.717, 1.165) is 17.0 Å². The molecule has 134 valence electrons. The van der Waals surface area contributed by atoms with Crippen LogP contribution in [-0.2, 0) is 6.42 Å². The van der Waals surface area contributed by atoms with Gasteiger partial charge in [-0.2, -0.15) is 4.98 Å². The minimum atomic E-state index is -0.262. The lowest BCUT2D eigenvalue weighted by Crippen LogP contribution is -2.25.